The van der Waals surface area contributed by atoms with Gasteiger partial charge in [0.25, 0.3) is 0 Å². The van der Waals surface area contributed by atoms with Crippen LogP contribution >= 0.6 is 0 Å². The summed E-state index contributed by atoms with van der Waals surface area (Å²) in [6, 6.07) is 10.7. The van der Waals surface area contributed by atoms with Gasteiger partial charge < -0.3 is 10.0 Å². The SMILES string of the molecule is O=C(CC1(c2ccccc2)C2CC3CC24C(CC14)C3O)N1CC(c2nn[nH]n2)C1. The van der Waals surface area contributed by atoms with Gasteiger partial charge in [-0.05, 0) is 53.9 Å². The van der Waals surface area contributed by atoms with E-state index in [4.69, 9.17) is 0 Å². The highest BCUT2D eigenvalue weighted by molar-refractivity contribution is 5.80. The van der Waals surface area contributed by atoms with Gasteiger partial charge in [0, 0.05) is 24.9 Å². The fourth-order valence-electron chi connectivity index (χ4n) is 8.41. The van der Waals surface area contributed by atoms with E-state index in [1.807, 2.05) is 4.90 Å². The molecule has 1 spiro atoms. The number of fused-ring (bicyclic) bond motifs is 1. The number of amides is 1. The molecule has 1 aromatic carbocycles. The molecule has 5 aliphatic rings. The van der Waals surface area contributed by atoms with Crippen LogP contribution in [0.2, 0.25) is 0 Å². The average Bonchev–Trinajstić information content (AvgIpc) is 3.38. The number of benzene rings is 1. The Morgan fingerprint density at radius 2 is 2.00 bits per heavy atom. The number of nitrogens with zero attached hydrogens (tertiary/aromatic N) is 4. The summed E-state index contributed by atoms with van der Waals surface area (Å²) in [7, 11) is 0. The van der Waals surface area contributed by atoms with E-state index in [1.165, 1.54) is 12.0 Å². The van der Waals surface area contributed by atoms with Crippen molar-refractivity contribution in [3.8, 4) is 0 Å². The Balaban J connectivity index is 1.18. The van der Waals surface area contributed by atoms with Crippen molar-refractivity contribution in [3.05, 3.63) is 41.7 Å². The molecule has 2 aromatic rings. The van der Waals surface area contributed by atoms with Gasteiger partial charge in [0.2, 0.25) is 5.91 Å². The second-order valence-electron chi connectivity index (χ2n) is 10.1. The maximum atomic E-state index is 13.4. The number of aromatic amines is 1. The van der Waals surface area contributed by atoms with Gasteiger partial charge in [-0.3, -0.25) is 4.79 Å². The molecule has 4 saturated carbocycles. The van der Waals surface area contributed by atoms with E-state index in [-0.39, 0.29) is 23.3 Å². The number of carbonyl (C=O) groups excluding carboxylic acids is 1. The third-order valence-corrected chi connectivity index (χ3v) is 9.49. The molecule has 29 heavy (non-hydrogen) atoms. The van der Waals surface area contributed by atoms with Crippen molar-refractivity contribution in [2.24, 2.45) is 29.1 Å². The lowest BCUT2D eigenvalue weighted by Crippen LogP contribution is -2.76. The lowest BCUT2D eigenvalue weighted by atomic mass is 9.26. The number of likely N-dealkylation sites (tertiary alicyclic amines) is 1. The zero-order valence-electron chi connectivity index (χ0n) is 16.2. The topological polar surface area (TPSA) is 95.0 Å². The summed E-state index contributed by atoms with van der Waals surface area (Å²) in [5.74, 6) is 3.19. The van der Waals surface area contributed by atoms with Gasteiger partial charge in [-0.2, -0.15) is 5.21 Å². The van der Waals surface area contributed by atoms with Gasteiger partial charge >= 0.3 is 0 Å². The van der Waals surface area contributed by atoms with Crippen LogP contribution in [-0.2, 0) is 10.2 Å². The third-order valence-electron chi connectivity index (χ3n) is 9.49. The first kappa shape index (κ1) is 16.5. The lowest BCUT2D eigenvalue weighted by molar-refractivity contribution is -0.271. The van der Waals surface area contributed by atoms with Crippen LogP contribution in [0.1, 0.15) is 43.0 Å². The van der Waals surface area contributed by atoms with Crippen molar-refractivity contribution in [2.45, 2.75) is 43.1 Å². The molecule has 4 aliphatic carbocycles. The largest absolute Gasteiger partial charge is 0.393 e. The number of H-pyrrole nitrogens is 1. The average molecular weight is 391 g/mol. The van der Waals surface area contributed by atoms with Crippen LogP contribution in [0, 0.1) is 29.1 Å². The number of hydrogen-bond donors (Lipinski definition) is 2. The normalized spacial score (nSPS) is 44.0. The summed E-state index contributed by atoms with van der Waals surface area (Å²) in [5.41, 5.74) is 1.62. The Bertz CT molecular complexity index is 974. The highest BCUT2D eigenvalue weighted by atomic mass is 16.3. The van der Waals surface area contributed by atoms with Gasteiger partial charge in [0.05, 0.1) is 12.0 Å². The predicted molar refractivity (Wildman–Crippen MR) is 102 cm³/mol. The lowest BCUT2D eigenvalue weighted by Gasteiger charge is -2.77. The number of carbonyl (C=O) groups is 1. The first-order chi connectivity index (χ1) is 14.1. The van der Waals surface area contributed by atoms with Crippen molar-refractivity contribution < 1.29 is 9.90 Å². The maximum Gasteiger partial charge on any atom is 0.223 e. The quantitative estimate of drug-likeness (QED) is 0.823. The number of rotatable bonds is 4. The van der Waals surface area contributed by atoms with E-state index in [0.29, 0.717) is 54.4 Å². The first-order valence-electron chi connectivity index (χ1n) is 10.9. The molecule has 7 heteroatoms. The summed E-state index contributed by atoms with van der Waals surface area (Å²) < 4.78 is 0. The molecule has 0 radical (unpaired) electrons. The van der Waals surface area contributed by atoms with E-state index in [0.717, 1.165) is 12.8 Å². The van der Waals surface area contributed by atoms with Gasteiger partial charge in [0.15, 0.2) is 5.82 Å². The molecule has 7 rings (SSSR count). The Morgan fingerprint density at radius 3 is 2.72 bits per heavy atom. The molecule has 2 heterocycles. The van der Waals surface area contributed by atoms with Gasteiger partial charge in [-0.1, -0.05) is 35.5 Å². The second-order valence-corrected chi connectivity index (χ2v) is 10.1. The van der Waals surface area contributed by atoms with E-state index < -0.39 is 0 Å². The van der Waals surface area contributed by atoms with Crippen LogP contribution < -0.4 is 0 Å². The molecular weight excluding hydrogens is 366 g/mol. The predicted octanol–water partition coefficient (Wildman–Crippen LogP) is 1.49. The van der Waals surface area contributed by atoms with Crippen LogP contribution in [0.4, 0.5) is 0 Å². The van der Waals surface area contributed by atoms with Gasteiger partial charge in [-0.25, -0.2) is 0 Å². The molecule has 7 unspecified atom stereocenters. The molecule has 1 aliphatic heterocycles. The number of hydrogen-bond acceptors (Lipinski definition) is 5. The van der Waals surface area contributed by atoms with Crippen LogP contribution in [-0.4, -0.2) is 55.7 Å². The summed E-state index contributed by atoms with van der Waals surface area (Å²) in [4.78, 5) is 15.3. The second kappa shape index (κ2) is 5.25. The van der Waals surface area contributed by atoms with E-state index in [2.05, 4.69) is 51.0 Å². The number of aliphatic hydroxyl groups is 1. The standard InChI is InChI=1S/C22H25N5O2/c28-18(27-10-13(11-27)20-23-25-26-24-20)9-21(14-4-2-1-3-5-14)16-6-12-8-22(16)15(19(12)29)7-17(21)22/h1-5,12-13,15-17,19,29H,6-11H2,(H,23,24,25,26). The molecule has 1 amide bonds. The minimum Gasteiger partial charge on any atom is -0.393 e. The molecule has 1 saturated heterocycles. The summed E-state index contributed by atoms with van der Waals surface area (Å²) >= 11 is 0. The van der Waals surface area contributed by atoms with Crippen LogP contribution in [0.25, 0.3) is 0 Å². The van der Waals surface area contributed by atoms with Crippen LogP contribution in [0.5, 0.6) is 0 Å². The smallest absolute Gasteiger partial charge is 0.223 e. The third kappa shape index (κ3) is 1.76. The molecule has 150 valence electrons. The van der Waals surface area contributed by atoms with Crippen molar-refractivity contribution in [1.29, 1.82) is 0 Å². The minimum absolute atomic E-state index is 0.0407. The van der Waals surface area contributed by atoms with E-state index in [9.17, 15) is 9.90 Å². The van der Waals surface area contributed by atoms with Gasteiger partial charge in [0.1, 0.15) is 0 Å². The molecule has 1 aromatic heterocycles. The van der Waals surface area contributed by atoms with Crippen molar-refractivity contribution in [2.75, 3.05) is 13.1 Å². The number of nitrogens with one attached hydrogen (secondary N) is 1. The Morgan fingerprint density at radius 1 is 1.21 bits per heavy atom. The van der Waals surface area contributed by atoms with Crippen molar-refractivity contribution >= 4 is 5.91 Å². The number of aliphatic hydroxyl groups excluding tert-OH is 1. The molecular formula is C22H25N5O2. The molecule has 7 atom stereocenters. The molecule has 7 nitrogen and oxygen atoms in total. The summed E-state index contributed by atoms with van der Waals surface area (Å²) in [6.45, 7) is 1.38. The fraction of sp³-hybridized carbons (Fsp3) is 0.636. The summed E-state index contributed by atoms with van der Waals surface area (Å²) in [5, 5.41) is 24.9. The van der Waals surface area contributed by atoms with Crippen LogP contribution in [0.3, 0.4) is 0 Å². The van der Waals surface area contributed by atoms with E-state index in [1.54, 1.807) is 0 Å². The van der Waals surface area contributed by atoms with E-state index >= 15 is 0 Å². The first-order valence-corrected chi connectivity index (χ1v) is 10.9. The Hall–Kier alpha value is -2.28. The van der Waals surface area contributed by atoms with Crippen molar-refractivity contribution in [1.82, 2.24) is 25.5 Å². The molecule has 5 fully saturated rings. The Kier molecular flexibility index (Phi) is 2.99. The summed E-state index contributed by atoms with van der Waals surface area (Å²) in [6.07, 6.45) is 3.85. The zero-order chi connectivity index (χ0) is 19.4. The number of tetrazole rings is 1. The minimum atomic E-state index is -0.0990. The highest BCUT2D eigenvalue weighted by Crippen LogP contribution is 2.87. The fourth-order valence-corrected chi connectivity index (χ4v) is 8.41. The monoisotopic (exact) mass is 391 g/mol. The van der Waals surface area contributed by atoms with Crippen molar-refractivity contribution in [3.63, 3.8) is 0 Å². The van der Waals surface area contributed by atoms with Crippen LogP contribution in [0.15, 0.2) is 30.3 Å². The number of aromatic nitrogens is 4. The van der Waals surface area contributed by atoms with Gasteiger partial charge in [-0.15, -0.1) is 10.2 Å². The highest BCUT2D eigenvalue weighted by Gasteiger charge is 2.85. The molecule has 2 bridgehead atoms. The Labute approximate surface area is 168 Å². The zero-order valence-corrected chi connectivity index (χ0v) is 16.2. The molecule has 2 N–H and O–H groups in total. The maximum absolute atomic E-state index is 13.4.